The summed E-state index contributed by atoms with van der Waals surface area (Å²) in [5.74, 6) is -0.984. The van der Waals surface area contributed by atoms with Crippen LogP contribution in [-0.2, 0) is 16.1 Å². The first-order chi connectivity index (χ1) is 14.0. The molecule has 1 saturated heterocycles. The molecule has 4 rings (SSSR count). The number of carbonyl (C=O) groups is 1. The number of aryl methyl sites for hydroxylation is 1. The summed E-state index contributed by atoms with van der Waals surface area (Å²) >= 11 is 0. The minimum absolute atomic E-state index is 0.0780. The quantitative estimate of drug-likeness (QED) is 0.766. The molecule has 0 unspecified atom stereocenters. The van der Waals surface area contributed by atoms with Crippen molar-refractivity contribution in [3.63, 3.8) is 0 Å². The number of hydroxylamine groups is 2. The Hall–Kier alpha value is -2.41. The van der Waals surface area contributed by atoms with Crippen molar-refractivity contribution in [1.82, 2.24) is 15.3 Å². The van der Waals surface area contributed by atoms with Crippen LogP contribution in [0.1, 0.15) is 55.1 Å². The molecule has 29 heavy (non-hydrogen) atoms. The van der Waals surface area contributed by atoms with Crippen molar-refractivity contribution >= 4 is 5.91 Å². The lowest BCUT2D eigenvalue weighted by atomic mass is 9.79. The highest BCUT2D eigenvalue weighted by Crippen LogP contribution is 2.37. The van der Waals surface area contributed by atoms with Gasteiger partial charge in [0.1, 0.15) is 11.6 Å². The van der Waals surface area contributed by atoms with Gasteiger partial charge in [0.15, 0.2) is 0 Å². The summed E-state index contributed by atoms with van der Waals surface area (Å²) < 4.78 is 27.2. The van der Waals surface area contributed by atoms with Gasteiger partial charge in [-0.25, -0.2) is 13.8 Å². The van der Waals surface area contributed by atoms with E-state index >= 15 is 0 Å². The zero-order chi connectivity index (χ0) is 20.4. The molecule has 7 heteroatoms. The smallest absolute Gasteiger partial charge is 0.249 e. The second-order valence-corrected chi connectivity index (χ2v) is 8.09. The summed E-state index contributed by atoms with van der Waals surface area (Å²) in [4.78, 5) is 18.6. The van der Waals surface area contributed by atoms with Gasteiger partial charge >= 0.3 is 0 Å². The highest BCUT2D eigenvalue weighted by atomic mass is 19.1. The molecule has 0 N–H and O–H groups in total. The third-order valence-electron chi connectivity index (χ3n) is 5.94. The van der Waals surface area contributed by atoms with E-state index in [0.29, 0.717) is 24.5 Å². The van der Waals surface area contributed by atoms with Gasteiger partial charge in [0.25, 0.3) is 0 Å². The summed E-state index contributed by atoms with van der Waals surface area (Å²) in [5, 5.41) is 9.70. The zero-order valence-electron chi connectivity index (χ0n) is 16.5. The summed E-state index contributed by atoms with van der Waals surface area (Å²) in [6, 6.07) is 6.95. The van der Waals surface area contributed by atoms with E-state index in [4.69, 9.17) is 4.84 Å². The average Bonchev–Trinajstić information content (AvgIpc) is 3.19. The van der Waals surface area contributed by atoms with Gasteiger partial charge in [-0.15, -0.1) is 0 Å². The van der Waals surface area contributed by atoms with Crippen LogP contribution in [0.3, 0.4) is 0 Å². The molecular weight excluding hydrogens is 376 g/mol. The molecule has 2 aromatic rings. The molecule has 2 heterocycles. The van der Waals surface area contributed by atoms with Gasteiger partial charge in [-0.3, -0.25) is 9.63 Å². The Morgan fingerprint density at radius 3 is 2.45 bits per heavy atom. The number of hydrogen-bond donors (Lipinski definition) is 0. The van der Waals surface area contributed by atoms with Gasteiger partial charge in [-0.05, 0) is 74.8 Å². The molecule has 1 atom stereocenters. The van der Waals surface area contributed by atoms with Crippen LogP contribution in [0.4, 0.5) is 8.78 Å². The van der Waals surface area contributed by atoms with Crippen LogP contribution in [0, 0.1) is 30.4 Å². The fourth-order valence-electron chi connectivity index (χ4n) is 4.38. The predicted molar refractivity (Wildman–Crippen MR) is 102 cm³/mol. The molecule has 1 aromatic heterocycles. The Bertz CT molecular complexity index is 847. The van der Waals surface area contributed by atoms with Crippen LogP contribution in [-0.4, -0.2) is 27.8 Å². The first kappa shape index (κ1) is 19.9. The van der Waals surface area contributed by atoms with Crippen molar-refractivity contribution in [2.24, 2.45) is 11.8 Å². The van der Waals surface area contributed by atoms with Gasteiger partial charge in [0.2, 0.25) is 5.91 Å². The van der Waals surface area contributed by atoms with Crippen molar-refractivity contribution in [3.05, 3.63) is 58.9 Å². The minimum atomic E-state index is -0.640. The van der Waals surface area contributed by atoms with E-state index < -0.39 is 17.7 Å². The molecule has 1 aliphatic carbocycles. The lowest BCUT2D eigenvalue weighted by Crippen LogP contribution is -2.36. The zero-order valence-corrected chi connectivity index (χ0v) is 16.5. The summed E-state index contributed by atoms with van der Waals surface area (Å²) in [5.41, 5.74) is 2.34. The van der Waals surface area contributed by atoms with Crippen molar-refractivity contribution < 1.29 is 18.4 Å². The van der Waals surface area contributed by atoms with Crippen molar-refractivity contribution in [2.45, 2.75) is 51.5 Å². The number of rotatable bonds is 4. The lowest BCUT2D eigenvalue weighted by molar-refractivity contribution is -0.183. The van der Waals surface area contributed by atoms with Crippen LogP contribution in [0.15, 0.2) is 30.3 Å². The Balaban J connectivity index is 1.36. The number of aromatic nitrogens is 2. The van der Waals surface area contributed by atoms with Crippen molar-refractivity contribution in [1.29, 1.82) is 0 Å². The van der Waals surface area contributed by atoms with E-state index in [1.165, 1.54) is 17.2 Å². The van der Waals surface area contributed by atoms with Gasteiger partial charge in [0.05, 0.1) is 24.0 Å². The van der Waals surface area contributed by atoms with Crippen molar-refractivity contribution in [3.8, 4) is 0 Å². The van der Waals surface area contributed by atoms with Gasteiger partial charge in [-0.1, -0.05) is 0 Å². The molecule has 5 nitrogen and oxygen atoms in total. The monoisotopic (exact) mass is 401 g/mol. The highest BCUT2D eigenvalue weighted by Gasteiger charge is 2.37. The standard InChI is InChI=1S/C22H25F2N3O2/c1-14-2-7-20(26-25-14)10-15-3-5-16(6-4-15)22(28)27-21(8-9-29-27)17-11-18(23)13-19(24)12-17/h2,7,11-13,15-16,21H,3-6,8-10H2,1H3/t15-,16-,21-/m0/s1. The third-order valence-corrected chi connectivity index (χ3v) is 5.94. The third kappa shape index (κ3) is 4.61. The van der Waals surface area contributed by atoms with E-state index in [1.807, 2.05) is 19.1 Å². The molecule has 2 aliphatic rings. The maximum Gasteiger partial charge on any atom is 0.249 e. The number of nitrogens with zero attached hydrogens (tertiary/aromatic N) is 3. The van der Waals surface area contributed by atoms with E-state index in [1.54, 1.807) is 0 Å². The van der Waals surface area contributed by atoms with Crippen LogP contribution in [0.2, 0.25) is 0 Å². The molecule has 0 bridgehead atoms. The SMILES string of the molecule is Cc1ccc(C[C@H]2CC[C@H](C(=O)N3OCC[C@H]3c3cc(F)cc(F)c3)CC2)nn1. The summed E-state index contributed by atoms with van der Waals surface area (Å²) in [6.07, 6.45) is 4.87. The van der Waals surface area contributed by atoms with Crippen molar-refractivity contribution in [2.75, 3.05) is 6.61 Å². The van der Waals surface area contributed by atoms with Crippen LogP contribution in [0.5, 0.6) is 0 Å². The van der Waals surface area contributed by atoms with E-state index in [0.717, 1.165) is 49.6 Å². The number of carbonyl (C=O) groups excluding carboxylic acids is 1. The number of amides is 1. The Morgan fingerprint density at radius 2 is 1.79 bits per heavy atom. The lowest BCUT2D eigenvalue weighted by Gasteiger charge is -2.32. The molecular formula is C22H25F2N3O2. The molecule has 1 amide bonds. The number of halogens is 2. The maximum atomic E-state index is 13.6. The molecule has 2 fully saturated rings. The fourth-order valence-corrected chi connectivity index (χ4v) is 4.38. The topological polar surface area (TPSA) is 55.3 Å². The molecule has 1 saturated carbocycles. The van der Waals surface area contributed by atoms with Gasteiger partial charge < -0.3 is 0 Å². The Morgan fingerprint density at radius 1 is 1.07 bits per heavy atom. The molecule has 0 radical (unpaired) electrons. The Kier molecular flexibility index (Phi) is 5.85. The first-order valence-electron chi connectivity index (χ1n) is 10.2. The second-order valence-electron chi connectivity index (χ2n) is 8.09. The van der Waals surface area contributed by atoms with Gasteiger partial charge in [0, 0.05) is 18.4 Å². The Labute approximate surface area is 169 Å². The molecule has 1 aromatic carbocycles. The molecule has 1 aliphatic heterocycles. The van der Waals surface area contributed by atoms with Crippen LogP contribution >= 0.6 is 0 Å². The fraction of sp³-hybridized carbons (Fsp3) is 0.500. The normalized spacial score (nSPS) is 24.7. The van der Waals surface area contributed by atoms with Crippen LogP contribution in [0.25, 0.3) is 0 Å². The molecule has 154 valence electrons. The number of hydrogen-bond acceptors (Lipinski definition) is 4. The predicted octanol–water partition coefficient (Wildman–Crippen LogP) is 4.32. The second kappa shape index (κ2) is 8.53. The van der Waals surface area contributed by atoms with Crippen LogP contribution < -0.4 is 0 Å². The summed E-state index contributed by atoms with van der Waals surface area (Å²) in [6.45, 7) is 2.29. The number of benzene rings is 1. The van der Waals surface area contributed by atoms with E-state index in [9.17, 15) is 13.6 Å². The first-order valence-corrected chi connectivity index (χ1v) is 10.2. The van der Waals surface area contributed by atoms with Gasteiger partial charge in [-0.2, -0.15) is 10.2 Å². The maximum absolute atomic E-state index is 13.6. The summed E-state index contributed by atoms with van der Waals surface area (Å²) in [7, 11) is 0. The molecule has 0 spiro atoms. The van der Waals surface area contributed by atoms with E-state index in [2.05, 4.69) is 10.2 Å². The van der Waals surface area contributed by atoms with E-state index in [-0.39, 0.29) is 11.8 Å². The minimum Gasteiger partial charge on any atom is -0.272 e. The largest absolute Gasteiger partial charge is 0.272 e. The highest BCUT2D eigenvalue weighted by molar-refractivity contribution is 5.78. The average molecular weight is 401 g/mol.